The van der Waals surface area contributed by atoms with Gasteiger partial charge in [0.25, 0.3) is 0 Å². The van der Waals surface area contributed by atoms with Crippen molar-refractivity contribution in [2.24, 2.45) is 0 Å². The molecule has 1 saturated heterocycles. The van der Waals surface area contributed by atoms with Crippen molar-refractivity contribution >= 4 is 23.4 Å². The van der Waals surface area contributed by atoms with Gasteiger partial charge in [0.1, 0.15) is 5.82 Å². The zero-order chi connectivity index (χ0) is 19.6. The number of amides is 1. The Morgan fingerprint density at radius 2 is 2.00 bits per heavy atom. The van der Waals surface area contributed by atoms with Crippen LogP contribution in [0.15, 0.2) is 36.5 Å². The van der Waals surface area contributed by atoms with Crippen molar-refractivity contribution in [3.8, 4) is 0 Å². The maximum Gasteiger partial charge on any atom is 0.229 e. The van der Waals surface area contributed by atoms with Crippen LogP contribution in [0, 0.1) is 0 Å². The first-order chi connectivity index (χ1) is 13.5. The van der Waals surface area contributed by atoms with Gasteiger partial charge >= 0.3 is 0 Å². The quantitative estimate of drug-likeness (QED) is 0.669. The predicted octanol–water partition coefficient (Wildman–Crippen LogP) is 4.30. The predicted molar refractivity (Wildman–Crippen MR) is 112 cm³/mol. The number of nitrogens with zero attached hydrogens (tertiary/aromatic N) is 3. The smallest absolute Gasteiger partial charge is 0.229 e. The topological polar surface area (TPSA) is 70.2 Å². The summed E-state index contributed by atoms with van der Waals surface area (Å²) in [6.45, 7) is 5.89. The lowest BCUT2D eigenvalue weighted by molar-refractivity contribution is -0.130. The second kappa shape index (κ2) is 7.78. The molecular weight excluding hydrogens is 350 g/mol. The summed E-state index contributed by atoms with van der Waals surface area (Å²) in [6.07, 6.45) is 6.90. The van der Waals surface area contributed by atoms with Crippen LogP contribution in [0.3, 0.4) is 0 Å². The Morgan fingerprint density at radius 1 is 1.21 bits per heavy atom. The van der Waals surface area contributed by atoms with Crippen LogP contribution in [-0.2, 0) is 4.79 Å². The second-order valence-electron chi connectivity index (χ2n) is 8.40. The molecule has 1 saturated carbocycles. The lowest BCUT2D eigenvalue weighted by atomic mass is 10.0. The van der Waals surface area contributed by atoms with Gasteiger partial charge in [-0.3, -0.25) is 4.79 Å². The Labute approximate surface area is 166 Å². The fraction of sp³-hybridized carbons (Fsp3) is 0.500. The number of nitrogens with one attached hydrogen (secondary N) is 2. The SMILES string of the molecule is CC1(C)CCC(=O)N1CCCNc1nc(Nc2ccccc2)ncc1C1CC1. The molecule has 148 valence electrons. The van der Waals surface area contributed by atoms with Crippen LogP contribution in [-0.4, -0.2) is 39.4 Å². The number of hydrogen-bond acceptors (Lipinski definition) is 5. The molecule has 1 aliphatic heterocycles. The minimum absolute atomic E-state index is 0.0159. The fourth-order valence-electron chi connectivity index (χ4n) is 3.83. The van der Waals surface area contributed by atoms with Gasteiger partial charge in [-0.1, -0.05) is 18.2 Å². The molecule has 28 heavy (non-hydrogen) atoms. The number of anilines is 3. The standard InChI is InChI=1S/C22H29N5O/c1-22(2)12-11-19(28)27(22)14-6-13-23-20-18(16-9-10-16)15-24-21(26-20)25-17-7-4-3-5-8-17/h3-5,7-8,15-16H,6,9-14H2,1-2H3,(H2,23,24,25,26). The van der Waals surface area contributed by atoms with Crippen LogP contribution in [0.4, 0.5) is 17.5 Å². The molecule has 2 fully saturated rings. The zero-order valence-corrected chi connectivity index (χ0v) is 16.7. The van der Waals surface area contributed by atoms with Gasteiger partial charge in [0.05, 0.1) is 0 Å². The van der Waals surface area contributed by atoms with Gasteiger partial charge in [-0.2, -0.15) is 4.98 Å². The third-order valence-electron chi connectivity index (χ3n) is 5.70. The summed E-state index contributed by atoms with van der Waals surface area (Å²) in [5.74, 6) is 2.38. The van der Waals surface area contributed by atoms with E-state index in [1.54, 1.807) is 0 Å². The van der Waals surface area contributed by atoms with Crippen molar-refractivity contribution in [2.75, 3.05) is 23.7 Å². The van der Waals surface area contributed by atoms with E-state index in [1.165, 1.54) is 18.4 Å². The first kappa shape index (κ1) is 18.7. The summed E-state index contributed by atoms with van der Waals surface area (Å²) >= 11 is 0. The number of carbonyl (C=O) groups excluding carboxylic acids is 1. The summed E-state index contributed by atoms with van der Waals surface area (Å²) in [4.78, 5) is 23.4. The van der Waals surface area contributed by atoms with Gasteiger partial charge in [-0.05, 0) is 57.6 Å². The van der Waals surface area contributed by atoms with Crippen LogP contribution in [0.1, 0.15) is 57.4 Å². The average Bonchev–Trinajstić information content (AvgIpc) is 3.48. The van der Waals surface area contributed by atoms with E-state index in [2.05, 4.69) is 29.5 Å². The molecule has 2 aromatic rings. The highest BCUT2D eigenvalue weighted by Crippen LogP contribution is 2.42. The molecule has 2 heterocycles. The van der Waals surface area contributed by atoms with E-state index in [0.717, 1.165) is 37.4 Å². The van der Waals surface area contributed by atoms with Gasteiger partial charge in [-0.25, -0.2) is 4.98 Å². The molecule has 0 radical (unpaired) electrons. The molecule has 6 heteroatoms. The van der Waals surface area contributed by atoms with Crippen molar-refractivity contribution in [3.63, 3.8) is 0 Å². The maximum absolute atomic E-state index is 12.1. The van der Waals surface area contributed by atoms with Crippen molar-refractivity contribution in [1.82, 2.24) is 14.9 Å². The molecule has 2 N–H and O–H groups in total. The third kappa shape index (κ3) is 4.26. The normalized spacial score (nSPS) is 18.4. The number of benzene rings is 1. The third-order valence-corrected chi connectivity index (χ3v) is 5.70. The van der Waals surface area contributed by atoms with Crippen LogP contribution in [0.25, 0.3) is 0 Å². The minimum atomic E-state index is -0.0159. The molecule has 0 unspecified atom stereocenters. The Kier molecular flexibility index (Phi) is 5.20. The largest absolute Gasteiger partial charge is 0.370 e. The number of para-hydroxylation sites is 1. The first-order valence-electron chi connectivity index (χ1n) is 10.3. The molecule has 0 bridgehead atoms. The number of hydrogen-bond donors (Lipinski definition) is 2. The Balaban J connectivity index is 1.38. The van der Waals surface area contributed by atoms with Crippen molar-refractivity contribution in [3.05, 3.63) is 42.1 Å². The molecule has 0 atom stereocenters. The van der Waals surface area contributed by atoms with Crippen LogP contribution in [0.5, 0.6) is 0 Å². The summed E-state index contributed by atoms with van der Waals surface area (Å²) in [6, 6.07) is 9.96. The van der Waals surface area contributed by atoms with Crippen molar-refractivity contribution < 1.29 is 4.79 Å². The highest BCUT2D eigenvalue weighted by Gasteiger charge is 2.36. The molecule has 1 aliphatic carbocycles. The van der Waals surface area contributed by atoms with E-state index in [4.69, 9.17) is 4.98 Å². The summed E-state index contributed by atoms with van der Waals surface area (Å²) in [5.41, 5.74) is 2.16. The van der Waals surface area contributed by atoms with Gasteiger partial charge in [-0.15, -0.1) is 0 Å². The van der Waals surface area contributed by atoms with Gasteiger partial charge < -0.3 is 15.5 Å². The van der Waals surface area contributed by atoms with Gasteiger partial charge in [0, 0.05) is 42.5 Å². The molecule has 1 aromatic carbocycles. The number of likely N-dealkylation sites (tertiary alicyclic amines) is 1. The highest BCUT2D eigenvalue weighted by atomic mass is 16.2. The van der Waals surface area contributed by atoms with Crippen molar-refractivity contribution in [1.29, 1.82) is 0 Å². The number of rotatable bonds is 8. The molecule has 1 amide bonds. The van der Waals surface area contributed by atoms with E-state index in [0.29, 0.717) is 18.3 Å². The fourth-order valence-corrected chi connectivity index (χ4v) is 3.83. The van der Waals surface area contributed by atoms with Crippen LogP contribution < -0.4 is 10.6 Å². The van der Waals surface area contributed by atoms with Crippen LogP contribution >= 0.6 is 0 Å². The maximum atomic E-state index is 12.1. The molecule has 0 spiro atoms. The van der Waals surface area contributed by atoms with E-state index in [9.17, 15) is 4.79 Å². The van der Waals surface area contributed by atoms with E-state index in [-0.39, 0.29) is 11.4 Å². The second-order valence-corrected chi connectivity index (χ2v) is 8.40. The molecule has 4 rings (SSSR count). The van der Waals surface area contributed by atoms with Crippen LogP contribution in [0.2, 0.25) is 0 Å². The monoisotopic (exact) mass is 379 g/mol. The number of carbonyl (C=O) groups is 1. The van der Waals surface area contributed by atoms with E-state index < -0.39 is 0 Å². The molecule has 1 aromatic heterocycles. The summed E-state index contributed by atoms with van der Waals surface area (Å²) < 4.78 is 0. The lowest BCUT2D eigenvalue weighted by Gasteiger charge is -2.31. The first-order valence-corrected chi connectivity index (χ1v) is 10.3. The Hall–Kier alpha value is -2.63. The summed E-state index contributed by atoms with van der Waals surface area (Å²) in [5, 5.41) is 6.77. The zero-order valence-electron chi connectivity index (χ0n) is 16.7. The molecule has 6 nitrogen and oxygen atoms in total. The molecular formula is C22H29N5O. The summed E-state index contributed by atoms with van der Waals surface area (Å²) in [7, 11) is 0. The minimum Gasteiger partial charge on any atom is -0.370 e. The van der Waals surface area contributed by atoms with Gasteiger partial charge in [0.2, 0.25) is 11.9 Å². The molecule has 2 aliphatic rings. The lowest BCUT2D eigenvalue weighted by Crippen LogP contribution is -2.41. The number of aromatic nitrogens is 2. The van der Waals surface area contributed by atoms with Crippen molar-refractivity contribution in [2.45, 2.75) is 57.4 Å². The highest BCUT2D eigenvalue weighted by molar-refractivity contribution is 5.79. The van der Waals surface area contributed by atoms with E-state index >= 15 is 0 Å². The van der Waals surface area contributed by atoms with Gasteiger partial charge in [0.15, 0.2) is 0 Å². The average molecular weight is 380 g/mol. The van der Waals surface area contributed by atoms with E-state index in [1.807, 2.05) is 41.4 Å². The Morgan fingerprint density at radius 3 is 2.68 bits per heavy atom. The Bertz CT molecular complexity index is 832.